The molecule has 0 aromatic rings. The van der Waals surface area contributed by atoms with Crippen LogP contribution in [0.3, 0.4) is 0 Å². The summed E-state index contributed by atoms with van der Waals surface area (Å²) in [5.41, 5.74) is 0. The Labute approximate surface area is 95.0 Å². The molecule has 3 saturated carbocycles. The lowest BCUT2D eigenvalue weighted by molar-refractivity contribution is -0.131. The zero-order valence-electron chi connectivity index (χ0n) is 8.55. The number of methoxy groups -OCH3 is 1. The lowest BCUT2D eigenvalue weighted by Crippen LogP contribution is -2.44. The quantitative estimate of drug-likeness (QED) is 0.658. The van der Waals surface area contributed by atoms with Crippen molar-refractivity contribution in [2.75, 3.05) is 7.11 Å². The number of hydrogen-bond donors (Lipinski definition) is 1. The van der Waals surface area contributed by atoms with Gasteiger partial charge in [-0.1, -0.05) is 7.43 Å². The Morgan fingerprint density at radius 2 is 1.75 bits per heavy atom. The van der Waals surface area contributed by atoms with E-state index in [1.807, 2.05) is 0 Å². The fourth-order valence-corrected chi connectivity index (χ4v) is 3.93. The molecule has 2 bridgehead atoms. The van der Waals surface area contributed by atoms with Crippen LogP contribution in [0.5, 0.6) is 0 Å². The average molecular weight is 226 g/mol. The van der Waals surface area contributed by atoms with Crippen molar-refractivity contribution in [1.29, 1.82) is 0 Å². The molecule has 1 N–H and O–H groups in total. The summed E-state index contributed by atoms with van der Waals surface area (Å²) >= 11 is 0. The maximum Gasteiger partial charge on any atom is 0.144 e. The van der Waals surface area contributed by atoms with E-state index in [9.17, 15) is 14.7 Å². The van der Waals surface area contributed by atoms with Gasteiger partial charge in [-0.05, 0) is 18.3 Å². The summed E-state index contributed by atoms with van der Waals surface area (Å²) < 4.78 is 5.24. The number of ether oxygens (including phenoxy) is 1. The molecule has 4 nitrogen and oxygen atoms in total. The van der Waals surface area contributed by atoms with E-state index in [2.05, 4.69) is 0 Å². The van der Waals surface area contributed by atoms with E-state index >= 15 is 0 Å². The number of fused-ring (bicyclic) bond motifs is 5. The molecule has 0 aliphatic heterocycles. The Morgan fingerprint density at radius 3 is 2.31 bits per heavy atom. The number of rotatable bonds is 1. The van der Waals surface area contributed by atoms with Gasteiger partial charge < -0.3 is 9.84 Å². The van der Waals surface area contributed by atoms with Gasteiger partial charge in [-0.3, -0.25) is 9.59 Å². The lowest BCUT2D eigenvalue weighted by Gasteiger charge is -2.32. The molecule has 6 atom stereocenters. The second-order valence-corrected chi connectivity index (χ2v) is 4.92. The van der Waals surface area contributed by atoms with E-state index in [1.54, 1.807) is 7.11 Å². The highest BCUT2D eigenvalue weighted by molar-refractivity contribution is 6.09. The highest BCUT2D eigenvalue weighted by Crippen LogP contribution is 2.56. The van der Waals surface area contributed by atoms with Gasteiger partial charge in [0.1, 0.15) is 11.6 Å². The summed E-state index contributed by atoms with van der Waals surface area (Å²) in [6, 6.07) is 0. The number of Topliss-reactive ketones (excluding diaryl/α,β-unsaturated/α-hetero) is 2. The third-order valence-corrected chi connectivity index (χ3v) is 4.42. The van der Waals surface area contributed by atoms with Crippen LogP contribution in [0.4, 0.5) is 0 Å². The fraction of sp³-hybridized carbons (Fsp3) is 0.833. The van der Waals surface area contributed by atoms with Gasteiger partial charge in [0.05, 0.1) is 18.6 Å². The van der Waals surface area contributed by atoms with Gasteiger partial charge in [-0.25, -0.2) is 0 Å². The number of ketones is 2. The van der Waals surface area contributed by atoms with Gasteiger partial charge in [0.15, 0.2) is 0 Å². The van der Waals surface area contributed by atoms with Gasteiger partial charge >= 0.3 is 0 Å². The second-order valence-electron chi connectivity index (χ2n) is 4.92. The fourth-order valence-electron chi connectivity index (χ4n) is 3.93. The van der Waals surface area contributed by atoms with Crippen molar-refractivity contribution in [1.82, 2.24) is 0 Å². The topological polar surface area (TPSA) is 63.6 Å². The summed E-state index contributed by atoms with van der Waals surface area (Å²) in [5, 5.41) is 9.94. The van der Waals surface area contributed by atoms with Gasteiger partial charge in [-0.2, -0.15) is 0 Å². The molecular formula is C12H18O4. The van der Waals surface area contributed by atoms with Crippen molar-refractivity contribution >= 4 is 11.6 Å². The molecule has 0 radical (unpaired) electrons. The highest BCUT2D eigenvalue weighted by Gasteiger charge is 2.64. The smallest absolute Gasteiger partial charge is 0.144 e. The molecule has 16 heavy (non-hydrogen) atoms. The van der Waals surface area contributed by atoms with E-state index in [1.165, 1.54) is 0 Å². The minimum Gasteiger partial charge on any atom is -0.390 e. The van der Waals surface area contributed by atoms with Crippen molar-refractivity contribution in [3.05, 3.63) is 0 Å². The first kappa shape index (κ1) is 11.7. The molecule has 6 unspecified atom stereocenters. The first-order chi connectivity index (χ1) is 7.15. The molecule has 0 aromatic heterocycles. The highest BCUT2D eigenvalue weighted by atomic mass is 16.5. The van der Waals surface area contributed by atoms with Crippen LogP contribution in [0, 0.1) is 23.7 Å². The SMILES string of the molecule is C.COC1C(O)C2CC1C1C(=O)CC(=O)C21. The molecule has 0 heterocycles. The Kier molecular flexibility index (Phi) is 2.67. The molecule has 0 spiro atoms. The first-order valence-electron chi connectivity index (χ1n) is 5.41. The molecular weight excluding hydrogens is 208 g/mol. The van der Waals surface area contributed by atoms with E-state index in [0.717, 1.165) is 6.42 Å². The average Bonchev–Trinajstić information content (AvgIpc) is 2.78. The summed E-state index contributed by atoms with van der Waals surface area (Å²) in [6.45, 7) is 0. The number of hydrogen-bond acceptors (Lipinski definition) is 4. The number of aliphatic hydroxyl groups excluding tert-OH is 1. The number of carbonyl (C=O) groups is 2. The Morgan fingerprint density at radius 1 is 1.19 bits per heavy atom. The Hall–Kier alpha value is -0.740. The van der Waals surface area contributed by atoms with Gasteiger partial charge in [0, 0.05) is 18.9 Å². The minimum atomic E-state index is -0.559. The molecule has 0 aromatic carbocycles. The van der Waals surface area contributed by atoms with E-state index < -0.39 is 6.10 Å². The minimum absolute atomic E-state index is 0. The van der Waals surface area contributed by atoms with Crippen molar-refractivity contribution in [2.24, 2.45) is 23.7 Å². The van der Waals surface area contributed by atoms with Crippen LogP contribution in [0.1, 0.15) is 20.3 Å². The first-order valence-corrected chi connectivity index (χ1v) is 5.41. The zero-order valence-corrected chi connectivity index (χ0v) is 8.55. The van der Waals surface area contributed by atoms with Gasteiger partial charge in [-0.15, -0.1) is 0 Å². The second kappa shape index (κ2) is 3.64. The van der Waals surface area contributed by atoms with Crippen LogP contribution in [-0.2, 0) is 14.3 Å². The molecule has 0 saturated heterocycles. The summed E-state index contributed by atoms with van der Waals surface area (Å²) in [6.07, 6.45) is 0.0417. The van der Waals surface area contributed by atoms with Gasteiger partial charge in [0.25, 0.3) is 0 Å². The van der Waals surface area contributed by atoms with Crippen LogP contribution >= 0.6 is 0 Å². The predicted octanol–water partition coefficient (Wildman–Crippen LogP) is 0.422. The van der Waals surface area contributed by atoms with Crippen LogP contribution in [0.25, 0.3) is 0 Å². The van der Waals surface area contributed by atoms with Crippen molar-refractivity contribution in [3.8, 4) is 0 Å². The predicted molar refractivity (Wildman–Crippen MR) is 56.7 cm³/mol. The van der Waals surface area contributed by atoms with Crippen molar-refractivity contribution in [2.45, 2.75) is 32.5 Å². The number of carbonyl (C=O) groups excluding carboxylic acids is 2. The number of aliphatic hydroxyl groups is 1. The van der Waals surface area contributed by atoms with E-state index in [4.69, 9.17) is 4.74 Å². The summed E-state index contributed by atoms with van der Waals surface area (Å²) in [5.74, 6) is -0.236. The van der Waals surface area contributed by atoms with Crippen LogP contribution in [0.2, 0.25) is 0 Å². The van der Waals surface area contributed by atoms with Crippen molar-refractivity contribution in [3.63, 3.8) is 0 Å². The van der Waals surface area contributed by atoms with Crippen LogP contribution in [0.15, 0.2) is 0 Å². The molecule has 3 aliphatic carbocycles. The normalized spacial score (nSPS) is 49.4. The Balaban J connectivity index is 0.000000963. The molecule has 3 rings (SSSR count). The Bertz CT molecular complexity index is 338. The van der Waals surface area contributed by atoms with E-state index in [0.29, 0.717) is 0 Å². The van der Waals surface area contributed by atoms with Crippen LogP contribution in [-0.4, -0.2) is 36.0 Å². The van der Waals surface area contributed by atoms with E-state index in [-0.39, 0.29) is 55.2 Å². The largest absolute Gasteiger partial charge is 0.390 e. The van der Waals surface area contributed by atoms with Crippen LogP contribution < -0.4 is 0 Å². The molecule has 0 amide bonds. The standard InChI is InChI=1S/C11H14O4.CH4/c1-15-11-5-2-4(10(11)14)8-6(12)3-7(13)9(5)8;/h4-5,8-11,14H,2-3H2,1H3;1H4. The molecule has 3 aliphatic rings. The third kappa shape index (κ3) is 1.17. The monoisotopic (exact) mass is 226 g/mol. The lowest BCUT2D eigenvalue weighted by atomic mass is 9.78. The summed E-state index contributed by atoms with van der Waals surface area (Å²) in [7, 11) is 1.56. The third-order valence-electron chi connectivity index (χ3n) is 4.42. The van der Waals surface area contributed by atoms with Crippen molar-refractivity contribution < 1.29 is 19.4 Å². The van der Waals surface area contributed by atoms with Gasteiger partial charge in [0.2, 0.25) is 0 Å². The molecule has 4 heteroatoms. The summed E-state index contributed by atoms with van der Waals surface area (Å²) in [4.78, 5) is 23.3. The maximum atomic E-state index is 11.7. The maximum absolute atomic E-state index is 11.7. The molecule has 3 fully saturated rings. The zero-order chi connectivity index (χ0) is 10.7. The molecule has 90 valence electrons.